The highest BCUT2D eigenvalue weighted by Crippen LogP contribution is 2.48. The molecular weight excluding hydrogens is 218 g/mol. The molecule has 1 fully saturated rings. The molecule has 1 heteroatoms. The Labute approximate surface area is 112 Å². The molecule has 1 unspecified atom stereocenters. The Morgan fingerprint density at radius 3 is 2.00 bits per heavy atom. The van der Waals surface area contributed by atoms with E-state index in [9.17, 15) is 0 Å². The highest BCUT2D eigenvalue weighted by Gasteiger charge is 2.38. The van der Waals surface area contributed by atoms with Crippen molar-refractivity contribution in [2.24, 2.45) is 11.1 Å². The lowest BCUT2D eigenvalue weighted by Crippen LogP contribution is -2.31. The van der Waals surface area contributed by atoms with Gasteiger partial charge in [0.05, 0.1) is 0 Å². The van der Waals surface area contributed by atoms with Crippen LogP contribution in [0.25, 0.3) is 0 Å². The molecule has 0 aromatic heterocycles. The van der Waals surface area contributed by atoms with Gasteiger partial charge in [0.25, 0.3) is 0 Å². The van der Waals surface area contributed by atoms with Crippen LogP contribution < -0.4 is 5.73 Å². The van der Waals surface area contributed by atoms with E-state index in [1.165, 1.54) is 43.2 Å². The summed E-state index contributed by atoms with van der Waals surface area (Å²) in [5.74, 6) is 0.599. The molecule has 1 nitrogen and oxygen atoms in total. The summed E-state index contributed by atoms with van der Waals surface area (Å²) in [4.78, 5) is 0. The van der Waals surface area contributed by atoms with E-state index in [1.54, 1.807) is 0 Å². The van der Waals surface area contributed by atoms with Gasteiger partial charge in [-0.15, -0.1) is 0 Å². The molecule has 0 bridgehead atoms. The lowest BCUT2D eigenvalue weighted by Gasteiger charge is -2.34. The molecule has 0 aliphatic heterocycles. The number of hydrogen-bond donors (Lipinski definition) is 1. The van der Waals surface area contributed by atoms with E-state index in [2.05, 4.69) is 45.0 Å². The quantitative estimate of drug-likeness (QED) is 0.811. The number of rotatable bonds is 4. The van der Waals surface area contributed by atoms with Crippen molar-refractivity contribution in [1.29, 1.82) is 0 Å². The van der Waals surface area contributed by atoms with Crippen LogP contribution in [0.2, 0.25) is 0 Å². The Balaban J connectivity index is 2.20. The zero-order chi connectivity index (χ0) is 13.2. The van der Waals surface area contributed by atoms with E-state index in [0.29, 0.717) is 11.3 Å². The average molecular weight is 245 g/mol. The van der Waals surface area contributed by atoms with Crippen LogP contribution in [-0.2, 0) is 0 Å². The second-order valence-corrected chi connectivity index (χ2v) is 6.22. The molecule has 18 heavy (non-hydrogen) atoms. The summed E-state index contributed by atoms with van der Waals surface area (Å²) in [6.45, 7) is 6.77. The van der Waals surface area contributed by atoms with Gasteiger partial charge in [0, 0.05) is 6.04 Å². The Morgan fingerprint density at radius 1 is 1.06 bits per heavy atom. The Hall–Kier alpha value is -0.820. The number of nitrogens with two attached hydrogens (primary N) is 1. The van der Waals surface area contributed by atoms with Gasteiger partial charge < -0.3 is 5.73 Å². The van der Waals surface area contributed by atoms with Crippen LogP contribution in [0, 0.1) is 5.41 Å². The molecule has 1 aliphatic carbocycles. The Bertz CT molecular complexity index is 371. The van der Waals surface area contributed by atoms with Gasteiger partial charge in [-0.25, -0.2) is 0 Å². The summed E-state index contributed by atoms with van der Waals surface area (Å²) in [5.41, 5.74) is 9.66. The van der Waals surface area contributed by atoms with Gasteiger partial charge in [-0.3, -0.25) is 0 Å². The molecule has 0 radical (unpaired) electrons. The second-order valence-electron chi connectivity index (χ2n) is 6.22. The molecule has 1 aromatic rings. The van der Waals surface area contributed by atoms with Crippen LogP contribution in [0.1, 0.15) is 76.0 Å². The van der Waals surface area contributed by atoms with E-state index in [-0.39, 0.29) is 6.04 Å². The minimum atomic E-state index is 0.214. The molecule has 1 aromatic carbocycles. The molecule has 0 saturated heterocycles. The van der Waals surface area contributed by atoms with E-state index in [1.807, 2.05) is 0 Å². The molecule has 100 valence electrons. The first-order chi connectivity index (χ1) is 8.59. The van der Waals surface area contributed by atoms with Gasteiger partial charge >= 0.3 is 0 Å². The normalized spacial score (nSPS) is 20.3. The third-order valence-electron chi connectivity index (χ3n) is 4.93. The van der Waals surface area contributed by atoms with Crippen molar-refractivity contribution in [1.82, 2.24) is 0 Å². The van der Waals surface area contributed by atoms with Crippen LogP contribution in [-0.4, -0.2) is 0 Å². The fraction of sp³-hybridized carbons (Fsp3) is 0.647. The molecule has 2 rings (SSSR count). The van der Waals surface area contributed by atoms with Gasteiger partial charge in [-0.1, -0.05) is 57.9 Å². The largest absolute Gasteiger partial charge is 0.323 e. The minimum absolute atomic E-state index is 0.214. The molecular formula is C17H27N. The zero-order valence-corrected chi connectivity index (χ0v) is 12.1. The van der Waals surface area contributed by atoms with Gasteiger partial charge in [0.1, 0.15) is 0 Å². The predicted molar refractivity (Wildman–Crippen MR) is 78.7 cm³/mol. The summed E-state index contributed by atoms with van der Waals surface area (Å²) in [6.07, 6.45) is 6.52. The SMILES string of the molecule is CCC1(C(N)c2ccc(C(C)C)cc2)CCCC1. The van der Waals surface area contributed by atoms with Crippen LogP contribution in [0.5, 0.6) is 0 Å². The molecule has 0 amide bonds. The molecule has 1 atom stereocenters. The molecule has 1 saturated carbocycles. The van der Waals surface area contributed by atoms with Crippen molar-refractivity contribution in [2.45, 2.75) is 64.8 Å². The van der Waals surface area contributed by atoms with E-state index in [4.69, 9.17) is 5.73 Å². The fourth-order valence-corrected chi connectivity index (χ4v) is 3.41. The van der Waals surface area contributed by atoms with Crippen LogP contribution in [0.4, 0.5) is 0 Å². The Morgan fingerprint density at radius 2 is 1.56 bits per heavy atom. The lowest BCUT2D eigenvalue weighted by atomic mass is 9.74. The third kappa shape index (κ3) is 2.47. The topological polar surface area (TPSA) is 26.0 Å². The van der Waals surface area contributed by atoms with Crippen molar-refractivity contribution in [3.8, 4) is 0 Å². The molecule has 2 N–H and O–H groups in total. The third-order valence-corrected chi connectivity index (χ3v) is 4.93. The van der Waals surface area contributed by atoms with Crippen molar-refractivity contribution in [3.63, 3.8) is 0 Å². The van der Waals surface area contributed by atoms with Crippen molar-refractivity contribution in [3.05, 3.63) is 35.4 Å². The van der Waals surface area contributed by atoms with E-state index >= 15 is 0 Å². The first-order valence-corrected chi connectivity index (χ1v) is 7.44. The summed E-state index contributed by atoms with van der Waals surface area (Å²) >= 11 is 0. The fourth-order valence-electron chi connectivity index (χ4n) is 3.41. The first-order valence-electron chi connectivity index (χ1n) is 7.44. The predicted octanol–water partition coefficient (Wildman–Crippen LogP) is 4.78. The molecule has 1 aliphatic rings. The van der Waals surface area contributed by atoms with Gasteiger partial charge in [-0.05, 0) is 41.7 Å². The summed E-state index contributed by atoms with van der Waals surface area (Å²) < 4.78 is 0. The van der Waals surface area contributed by atoms with Crippen LogP contribution in [0.15, 0.2) is 24.3 Å². The minimum Gasteiger partial charge on any atom is -0.323 e. The highest BCUT2D eigenvalue weighted by molar-refractivity contribution is 5.28. The standard InChI is InChI=1S/C17H27N/c1-4-17(11-5-6-12-17)16(18)15-9-7-14(8-10-15)13(2)3/h7-10,13,16H,4-6,11-12,18H2,1-3H3. The second kappa shape index (κ2) is 5.44. The highest BCUT2D eigenvalue weighted by atomic mass is 14.7. The van der Waals surface area contributed by atoms with E-state index < -0.39 is 0 Å². The number of hydrogen-bond acceptors (Lipinski definition) is 1. The maximum absolute atomic E-state index is 6.57. The smallest absolute Gasteiger partial charge is 0.0351 e. The molecule has 0 heterocycles. The lowest BCUT2D eigenvalue weighted by molar-refractivity contribution is 0.222. The summed E-state index contributed by atoms with van der Waals surface area (Å²) in [5, 5.41) is 0. The van der Waals surface area contributed by atoms with Gasteiger partial charge in [0.2, 0.25) is 0 Å². The summed E-state index contributed by atoms with van der Waals surface area (Å²) in [7, 11) is 0. The van der Waals surface area contributed by atoms with Crippen molar-refractivity contribution in [2.75, 3.05) is 0 Å². The van der Waals surface area contributed by atoms with E-state index in [0.717, 1.165) is 0 Å². The van der Waals surface area contributed by atoms with Crippen molar-refractivity contribution >= 4 is 0 Å². The maximum atomic E-state index is 6.57. The monoisotopic (exact) mass is 245 g/mol. The Kier molecular flexibility index (Phi) is 4.11. The van der Waals surface area contributed by atoms with Gasteiger partial charge in [-0.2, -0.15) is 0 Å². The van der Waals surface area contributed by atoms with Crippen molar-refractivity contribution < 1.29 is 0 Å². The number of benzene rings is 1. The first kappa shape index (κ1) is 13.6. The van der Waals surface area contributed by atoms with Gasteiger partial charge in [0.15, 0.2) is 0 Å². The summed E-state index contributed by atoms with van der Waals surface area (Å²) in [6, 6.07) is 9.20. The molecule has 0 spiro atoms. The van der Waals surface area contributed by atoms with Crippen LogP contribution >= 0.6 is 0 Å². The van der Waals surface area contributed by atoms with Crippen LogP contribution in [0.3, 0.4) is 0 Å². The zero-order valence-electron chi connectivity index (χ0n) is 12.1. The average Bonchev–Trinajstić information content (AvgIpc) is 2.88. The maximum Gasteiger partial charge on any atom is 0.0351 e.